The predicted molar refractivity (Wildman–Crippen MR) is 90.6 cm³/mol. The molecule has 0 saturated carbocycles. The second kappa shape index (κ2) is 5.76. The monoisotopic (exact) mass is 366 g/mol. The Labute approximate surface area is 135 Å². The molecule has 20 heavy (non-hydrogen) atoms. The highest BCUT2D eigenvalue weighted by molar-refractivity contribution is 9.09. The van der Waals surface area contributed by atoms with E-state index >= 15 is 0 Å². The number of ether oxygens (including phenoxy) is 1. The van der Waals surface area contributed by atoms with Crippen molar-refractivity contribution in [3.05, 3.63) is 63.3 Å². The zero-order valence-electron chi connectivity index (χ0n) is 10.8. The Balaban J connectivity index is 2.12. The molecule has 1 nitrogen and oxygen atoms in total. The van der Waals surface area contributed by atoms with Gasteiger partial charge in [0.15, 0.2) is 0 Å². The fourth-order valence-corrected chi connectivity index (χ4v) is 4.16. The number of alkyl halides is 1. The molecule has 0 N–H and O–H groups in total. The summed E-state index contributed by atoms with van der Waals surface area (Å²) in [5.74, 6) is 0.896. The van der Waals surface area contributed by atoms with Gasteiger partial charge in [-0.2, -0.15) is 0 Å². The summed E-state index contributed by atoms with van der Waals surface area (Å²) in [5, 5.41) is 5.06. The topological polar surface area (TPSA) is 9.23 Å². The van der Waals surface area contributed by atoms with Crippen LogP contribution in [0.2, 0.25) is 5.02 Å². The first kappa shape index (κ1) is 13.9. The van der Waals surface area contributed by atoms with Crippen LogP contribution in [0, 0.1) is 0 Å². The Hall–Kier alpha value is -1.03. The summed E-state index contributed by atoms with van der Waals surface area (Å²) in [4.78, 5) is 1.35. The molecule has 3 rings (SSSR count). The molecule has 0 aliphatic heterocycles. The predicted octanol–water partition coefficient (Wildman–Crippen LogP) is 6.05. The van der Waals surface area contributed by atoms with Crippen molar-refractivity contribution in [3.63, 3.8) is 0 Å². The average molecular weight is 368 g/mol. The van der Waals surface area contributed by atoms with Gasteiger partial charge in [0, 0.05) is 20.7 Å². The smallest absolute Gasteiger partial charge is 0.129 e. The molecule has 1 atom stereocenters. The van der Waals surface area contributed by atoms with E-state index in [1.165, 1.54) is 15.8 Å². The summed E-state index contributed by atoms with van der Waals surface area (Å²) in [5.41, 5.74) is 1.22. The molecule has 0 saturated heterocycles. The van der Waals surface area contributed by atoms with Crippen molar-refractivity contribution in [2.45, 2.75) is 4.83 Å². The zero-order valence-corrected chi connectivity index (χ0v) is 13.9. The van der Waals surface area contributed by atoms with Gasteiger partial charge in [-0.25, -0.2) is 0 Å². The molecule has 0 radical (unpaired) electrons. The number of thiophene rings is 1. The highest BCUT2D eigenvalue weighted by atomic mass is 79.9. The van der Waals surface area contributed by atoms with Gasteiger partial charge in [-0.15, -0.1) is 11.3 Å². The number of hydrogen-bond acceptors (Lipinski definition) is 2. The number of fused-ring (bicyclic) bond motifs is 1. The van der Waals surface area contributed by atoms with Crippen molar-refractivity contribution < 1.29 is 4.74 Å². The molecule has 2 aromatic carbocycles. The van der Waals surface area contributed by atoms with E-state index in [1.54, 1.807) is 18.4 Å². The minimum atomic E-state index is 0.138. The fraction of sp³-hybridized carbons (Fsp3) is 0.125. The van der Waals surface area contributed by atoms with Crippen LogP contribution in [-0.4, -0.2) is 7.11 Å². The molecule has 0 amide bonds. The Bertz CT molecular complexity index is 753. The molecule has 1 heterocycles. The summed E-state index contributed by atoms with van der Waals surface area (Å²) < 4.78 is 5.26. The van der Waals surface area contributed by atoms with E-state index in [2.05, 4.69) is 40.2 Å². The van der Waals surface area contributed by atoms with Crippen LogP contribution in [0.15, 0.2) is 47.8 Å². The Kier molecular flexibility index (Phi) is 4.01. The third kappa shape index (κ3) is 2.46. The molecule has 0 fully saturated rings. The minimum Gasteiger partial charge on any atom is -0.496 e. The maximum Gasteiger partial charge on any atom is 0.129 e. The number of rotatable bonds is 3. The molecule has 0 bridgehead atoms. The lowest BCUT2D eigenvalue weighted by molar-refractivity contribution is 0.416. The third-order valence-electron chi connectivity index (χ3n) is 3.26. The number of hydrogen-bond donors (Lipinski definition) is 0. The number of halogens is 2. The third-order valence-corrected chi connectivity index (χ3v) is 5.85. The van der Waals surface area contributed by atoms with E-state index < -0.39 is 0 Å². The Morgan fingerprint density at radius 2 is 1.90 bits per heavy atom. The second-order valence-corrected chi connectivity index (χ2v) is 6.70. The molecule has 4 heteroatoms. The molecule has 102 valence electrons. The molecule has 3 aromatic rings. The maximum atomic E-state index is 6.27. The highest BCUT2D eigenvalue weighted by Gasteiger charge is 2.16. The normalized spacial score (nSPS) is 12.6. The first-order valence-corrected chi connectivity index (χ1v) is 8.31. The van der Waals surface area contributed by atoms with Gasteiger partial charge in [-0.1, -0.05) is 57.9 Å². The minimum absolute atomic E-state index is 0.138. The van der Waals surface area contributed by atoms with Crippen LogP contribution in [0.4, 0.5) is 0 Å². The van der Waals surface area contributed by atoms with Crippen LogP contribution in [0.3, 0.4) is 0 Å². The van der Waals surface area contributed by atoms with E-state index in [9.17, 15) is 0 Å². The summed E-state index contributed by atoms with van der Waals surface area (Å²) in [6.07, 6.45) is 0. The first-order chi connectivity index (χ1) is 9.70. The molecule has 0 aliphatic rings. The SMILES string of the molecule is COc1csc(C(Br)c2ccc(Cl)c3ccccc23)c1. The van der Waals surface area contributed by atoms with Gasteiger partial charge in [0.2, 0.25) is 0 Å². The fourth-order valence-electron chi connectivity index (χ4n) is 2.23. The lowest BCUT2D eigenvalue weighted by atomic mass is 10.0. The van der Waals surface area contributed by atoms with Crippen LogP contribution in [-0.2, 0) is 0 Å². The quantitative estimate of drug-likeness (QED) is 0.512. The Morgan fingerprint density at radius 3 is 2.60 bits per heavy atom. The van der Waals surface area contributed by atoms with E-state index in [4.69, 9.17) is 16.3 Å². The Morgan fingerprint density at radius 1 is 1.15 bits per heavy atom. The van der Waals surface area contributed by atoms with Crippen LogP contribution in [0.25, 0.3) is 10.8 Å². The second-order valence-electron chi connectivity index (χ2n) is 4.43. The van der Waals surface area contributed by atoms with E-state index in [0.29, 0.717) is 0 Å². The van der Waals surface area contributed by atoms with Crippen LogP contribution in [0.1, 0.15) is 15.3 Å². The van der Waals surface area contributed by atoms with Gasteiger partial charge in [-0.05, 0) is 23.1 Å². The first-order valence-electron chi connectivity index (χ1n) is 6.14. The van der Waals surface area contributed by atoms with Crippen molar-refractivity contribution in [2.75, 3.05) is 7.11 Å². The summed E-state index contributed by atoms with van der Waals surface area (Å²) >= 11 is 11.8. The summed E-state index contributed by atoms with van der Waals surface area (Å²) in [6, 6.07) is 14.3. The molecular formula is C16H12BrClOS. The summed E-state index contributed by atoms with van der Waals surface area (Å²) in [6.45, 7) is 0. The van der Waals surface area contributed by atoms with Crippen LogP contribution in [0.5, 0.6) is 5.75 Å². The lowest BCUT2D eigenvalue weighted by Crippen LogP contribution is -1.92. The van der Waals surface area contributed by atoms with Crippen LogP contribution >= 0.6 is 38.9 Å². The molecule has 1 unspecified atom stereocenters. The van der Waals surface area contributed by atoms with Crippen molar-refractivity contribution >= 4 is 49.6 Å². The molecule has 1 aromatic heterocycles. The van der Waals surface area contributed by atoms with Crippen molar-refractivity contribution in [3.8, 4) is 5.75 Å². The summed E-state index contributed by atoms with van der Waals surface area (Å²) in [7, 11) is 1.69. The standard InChI is InChI=1S/C16H12BrClOS/c1-19-10-8-15(20-9-10)16(17)13-6-7-14(18)12-5-3-2-4-11(12)13/h2-9,16H,1H3. The van der Waals surface area contributed by atoms with Crippen molar-refractivity contribution in [1.29, 1.82) is 0 Å². The van der Waals surface area contributed by atoms with Gasteiger partial charge in [-0.3, -0.25) is 0 Å². The largest absolute Gasteiger partial charge is 0.496 e. The molecule has 0 aliphatic carbocycles. The maximum absolute atomic E-state index is 6.27. The van der Waals surface area contributed by atoms with E-state index in [-0.39, 0.29) is 4.83 Å². The van der Waals surface area contributed by atoms with Gasteiger partial charge < -0.3 is 4.74 Å². The van der Waals surface area contributed by atoms with E-state index in [1.807, 2.05) is 23.6 Å². The van der Waals surface area contributed by atoms with Crippen molar-refractivity contribution in [2.24, 2.45) is 0 Å². The number of benzene rings is 2. The average Bonchev–Trinajstić information content (AvgIpc) is 2.96. The number of methoxy groups -OCH3 is 1. The highest BCUT2D eigenvalue weighted by Crippen LogP contribution is 2.40. The van der Waals surface area contributed by atoms with Crippen LogP contribution < -0.4 is 4.74 Å². The van der Waals surface area contributed by atoms with Gasteiger partial charge in [0.1, 0.15) is 5.75 Å². The zero-order chi connectivity index (χ0) is 14.1. The molecule has 0 spiro atoms. The van der Waals surface area contributed by atoms with Crippen molar-refractivity contribution in [1.82, 2.24) is 0 Å². The van der Waals surface area contributed by atoms with Gasteiger partial charge in [0.25, 0.3) is 0 Å². The van der Waals surface area contributed by atoms with E-state index in [0.717, 1.165) is 16.2 Å². The lowest BCUT2D eigenvalue weighted by Gasteiger charge is -2.12. The van der Waals surface area contributed by atoms with Gasteiger partial charge >= 0.3 is 0 Å². The van der Waals surface area contributed by atoms with Gasteiger partial charge in [0.05, 0.1) is 11.9 Å². The molecular weight excluding hydrogens is 356 g/mol.